The predicted molar refractivity (Wildman–Crippen MR) is 59.4 cm³/mol. The molecule has 0 bridgehead atoms. The number of hydrogen-bond donors (Lipinski definition) is 1. The Morgan fingerprint density at radius 3 is 2.86 bits per heavy atom. The van der Waals surface area contributed by atoms with E-state index >= 15 is 0 Å². The summed E-state index contributed by atoms with van der Waals surface area (Å²) in [5.74, 6) is 0. The number of piperidine rings is 1. The van der Waals surface area contributed by atoms with Crippen molar-refractivity contribution in [3.05, 3.63) is 0 Å². The molecule has 0 radical (unpaired) electrons. The summed E-state index contributed by atoms with van der Waals surface area (Å²) < 4.78 is 5.04. The average Bonchev–Trinajstić information content (AvgIpc) is 2.15. The number of likely N-dealkylation sites (tertiary alicyclic amines) is 1. The first kappa shape index (κ1) is 12.0. The Balaban J connectivity index is 2.11. The van der Waals surface area contributed by atoms with E-state index in [1.54, 1.807) is 7.11 Å². The molecule has 1 aliphatic rings. The minimum Gasteiger partial charge on any atom is -0.385 e. The molecule has 2 unspecified atom stereocenters. The number of rotatable bonds is 5. The molecule has 0 amide bonds. The Morgan fingerprint density at radius 2 is 2.21 bits per heavy atom. The van der Waals surface area contributed by atoms with Crippen molar-refractivity contribution in [1.82, 2.24) is 4.90 Å². The van der Waals surface area contributed by atoms with Crippen molar-refractivity contribution < 1.29 is 4.74 Å². The van der Waals surface area contributed by atoms with Crippen molar-refractivity contribution in [2.24, 2.45) is 5.73 Å². The SMILES string of the molecule is COCCCCN1CCC(N)CC1C. The maximum absolute atomic E-state index is 5.92. The molecule has 2 N–H and O–H groups in total. The molecule has 2 atom stereocenters. The fourth-order valence-corrected chi connectivity index (χ4v) is 2.15. The first-order valence-corrected chi connectivity index (χ1v) is 5.72. The first-order valence-electron chi connectivity index (χ1n) is 5.72. The number of nitrogens with zero attached hydrogens (tertiary/aromatic N) is 1. The molecule has 0 saturated carbocycles. The summed E-state index contributed by atoms with van der Waals surface area (Å²) in [4.78, 5) is 2.55. The van der Waals surface area contributed by atoms with Gasteiger partial charge in [0, 0.05) is 25.8 Å². The Morgan fingerprint density at radius 1 is 1.43 bits per heavy atom. The Labute approximate surface area is 87.6 Å². The second-order valence-electron chi connectivity index (χ2n) is 4.37. The van der Waals surface area contributed by atoms with Crippen LogP contribution in [0.1, 0.15) is 32.6 Å². The molecule has 1 saturated heterocycles. The molecule has 0 spiro atoms. The molecule has 14 heavy (non-hydrogen) atoms. The third kappa shape index (κ3) is 3.95. The largest absolute Gasteiger partial charge is 0.385 e. The second kappa shape index (κ2) is 6.38. The zero-order valence-electron chi connectivity index (χ0n) is 9.54. The normalized spacial score (nSPS) is 29.4. The van der Waals surface area contributed by atoms with Gasteiger partial charge in [0.05, 0.1) is 0 Å². The third-order valence-corrected chi connectivity index (χ3v) is 3.10. The van der Waals surface area contributed by atoms with E-state index in [-0.39, 0.29) is 0 Å². The van der Waals surface area contributed by atoms with Gasteiger partial charge in [-0.1, -0.05) is 0 Å². The number of nitrogens with two attached hydrogens (primary N) is 1. The summed E-state index contributed by atoms with van der Waals surface area (Å²) in [6.07, 6.45) is 4.73. The maximum atomic E-state index is 5.92. The lowest BCUT2D eigenvalue weighted by Crippen LogP contribution is -2.45. The van der Waals surface area contributed by atoms with E-state index in [0.717, 1.165) is 19.4 Å². The molecule has 84 valence electrons. The smallest absolute Gasteiger partial charge is 0.0462 e. The topological polar surface area (TPSA) is 38.5 Å². The van der Waals surface area contributed by atoms with Gasteiger partial charge in [-0.05, 0) is 45.7 Å². The highest BCUT2D eigenvalue weighted by molar-refractivity contribution is 4.80. The van der Waals surface area contributed by atoms with E-state index < -0.39 is 0 Å². The van der Waals surface area contributed by atoms with Gasteiger partial charge in [0.2, 0.25) is 0 Å². The van der Waals surface area contributed by atoms with E-state index in [1.165, 1.54) is 25.9 Å². The zero-order chi connectivity index (χ0) is 10.4. The van der Waals surface area contributed by atoms with Crippen molar-refractivity contribution in [3.8, 4) is 0 Å². The van der Waals surface area contributed by atoms with Crippen LogP contribution in [0.5, 0.6) is 0 Å². The lowest BCUT2D eigenvalue weighted by Gasteiger charge is -2.36. The first-order chi connectivity index (χ1) is 6.74. The van der Waals surface area contributed by atoms with Crippen molar-refractivity contribution >= 4 is 0 Å². The summed E-state index contributed by atoms with van der Waals surface area (Å²) in [7, 11) is 1.77. The van der Waals surface area contributed by atoms with Crippen LogP contribution in [0.25, 0.3) is 0 Å². The molecule has 1 fully saturated rings. The highest BCUT2D eigenvalue weighted by atomic mass is 16.5. The van der Waals surface area contributed by atoms with Gasteiger partial charge in [-0.15, -0.1) is 0 Å². The van der Waals surface area contributed by atoms with E-state index in [0.29, 0.717) is 12.1 Å². The molecule has 3 nitrogen and oxygen atoms in total. The molecule has 0 aliphatic carbocycles. The highest BCUT2D eigenvalue weighted by Crippen LogP contribution is 2.16. The minimum atomic E-state index is 0.431. The Hall–Kier alpha value is -0.120. The lowest BCUT2D eigenvalue weighted by atomic mass is 9.99. The van der Waals surface area contributed by atoms with Crippen molar-refractivity contribution in [2.75, 3.05) is 26.8 Å². The van der Waals surface area contributed by atoms with Crippen LogP contribution in [0.2, 0.25) is 0 Å². The van der Waals surface area contributed by atoms with Crippen molar-refractivity contribution in [3.63, 3.8) is 0 Å². The summed E-state index contributed by atoms with van der Waals surface area (Å²) >= 11 is 0. The number of unbranched alkanes of at least 4 members (excludes halogenated alkanes) is 1. The quantitative estimate of drug-likeness (QED) is 0.678. The number of methoxy groups -OCH3 is 1. The summed E-state index contributed by atoms with van der Waals surface area (Å²) in [6, 6.07) is 1.10. The summed E-state index contributed by atoms with van der Waals surface area (Å²) in [5, 5.41) is 0. The van der Waals surface area contributed by atoms with Gasteiger partial charge in [0.25, 0.3) is 0 Å². The van der Waals surface area contributed by atoms with Gasteiger partial charge in [0.1, 0.15) is 0 Å². The third-order valence-electron chi connectivity index (χ3n) is 3.10. The summed E-state index contributed by atoms with van der Waals surface area (Å²) in [6.45, 7) is 5.56. The average molecular weight is 200 g/mol. The fraction of sp³-hybridized carbons (Fsp3) is 1.00. The van der Waals surface area contributed by atoms with Crippen molar-refractivity contribution in [1.29, 1.82) is 0 Å². The van der Waals surface area contributed by atoms with Crippen LogP contribution in [-0.4, -0.2) is 43.8 Å². The van der Waals surface area contributed by atoms with Crippen LogP contribution in [0.3, 0.4) is 0 Å². The Bertz CT molecular complexity index is 152. The molecular formula is C11H24N2O. The lowest BCUT2D eigenvalue weighted by molar-refractivity contribution is 0.136. The van der Waals surface area contributed by atoms with Crippen LogP contribution in [0.4, 0.5) is 0 Å². The molecule has 1 heterocycles. The van der Waals surface area contributed by atoms with Crippen LogP contribution in [0.15, 0.2) is 0 Å². The molecule has 3 heteroatoms. The molecule has 0 aromatic heterocycles. The number of ether oxygens (including phenoxy) is 1. The van der Waals surface area contributed by atoms with Gasteiger partial charge in [-0.2, -0.15) is 0 Å². The van der Waals surface area contributed by atoms with Gasteiger partial charge in [-0.25, -0.2) is 0 Å². The fourth-order valence-electron chi connectivity index (χ4n) is 2.15. The molecule has 1 aliphatic heterocycles. The summed E-state index contributed by atoms with van der Waals surface area (Å²) in [5.41, 5.74) is 5.92. The van der Waals surface area contributed by atoms with Gasteiger partial charge < -0.3 is 15.4 Å². The van der Waals surface area contributed by atoms with E-state index in [4.69, 9.17) is 10.5 Å². The Kier molecular flexibility index (Phi) is 5.45. The molecular weight excluding hydrogens is 176 g/mol. The molecule has 0 aromatic carbocycles. The van der Waals surface area contributed by atoms with E-state index in [2.05, 4.69) is 11.8 Å². The van der Waals surface area contributed by atoms with E-state index in [9.17, 15) is 0 Å². The van der Waals surface area contributed by atoms with Gasteiger partial charge in [0.15, 0.2) is 0 Å². The second-order valence-corrected chi connectivity index (χ2v) is 4.37. The number of hydrogen-bond acceptors (Lipinski definition) is 3. The van der Waals surface area contributed by atoms with Gasteiger partial charge >= 0.3 is 0 Å². The van der Waals surface area contributed by atoms with Crippen LogP contribution >= 0.6 is 0 Å². The monoisotopic (exact) mass is 200 g/mol. The van der Waals surface area contributed by atoms with Crippen molar-refractivity contribution in [2.45, 2.75) is 44.7 Å². The van der Waals surface area contributed by atoms with Gasteiger partial charge in [-0.3, -0.25) is 0 Å². The standard InChI is InChI=1S/C11H24N2O/c1-10-9-11(12)5-7-13(10)6-3-4-8-14-2/h10-11H,3-9,12H2,1-2H3. The minimum absolute atomic E-state index is 0.431. The predicted octanol–water partition coefficient (Wildman–Crippen LogP) is 1.22. The zero-order valence-corrected chi connectivity index (χ0v) is 9.54. The maximum Gasteiger partial charge on any atom is 0.0462 e. The highest BCUT2D eigenvalue weighted by Gasteiger charge is 2.22. The molecule has 0 aromatic rings. The molecule has 1 rings (SSSR count). The van der Waals surface area contributed by atoms with Crippen LogP contribution in [0, 0.1) is 0 Å². The van der Waals surface area contributed by atoms with Crippen LogP contribution < -0.4 is 5.73 Å². The van der Waals surface area contributed by atoms with Crippen LogP contribution in [-0.2, 0) is 4.74 Å². The van der Waals surface area contributed by atoms with E-state index in [1.807, 2.05) is 0 Å².